The molecule has 0 saturated carbocycles. The zero-order valence-corrected chi connectivity index (χ0v) is 13.0. The van der Waals surface area contributed by atoms with Gasteiger partial charge in [-0.3, -0.25) is 0 Å². The summed E-state index contributed by atoms with van der Waals surface area (Å²) in [5.41, 5.74) is 5.74. The zero-order chi connectivity index (χ0) is 15.0. The molecule has 1 unspecified atom stereocenters. The first-order chi connectivity index (χ1) is 10.8. The van der Waals surface area contributed by atoms with E-state index < -0.39 is 0 Å². The van der Waals surface area contributed by atoms with Crippen LogP contribution in [0.5, 0.6) is 0 Å². The third-order valence-electron chi connectivity index (χ3n) is 5.10. The Kier molecular flexibility index (Phi) is 3.27. The molecule has 2 nitrogen and oxygen atoms in total. The Morgan fingerprint density at radius 3 is 2.73 bits per heavy atom. The van der Waals surface area contributed by atoms with E-state index in [1.165, 1.54) is 34.0 Å². The van der Waals surface area contributed by atoms with E-state index in [-0.39, 0.29) is 5.41 Å². The molecule has 0 radical (unpaired) electrons. The van der Waals surface area contributed by atoms with Gasteiger partial charge in [-0.1, -0.05) is 36.4 Å². The Hall–Kier alpha value is -2.06. The van der Waals surface area contributed by atoms with Crippen molar-refractivity contribution in [2.75, 3.05) is 13.1 Å². The van der Waals surface area contributed by atoms with Gasteiger partial charge in [-0.25, -0.2) is 0 Å². The van der Waals surface area contributed by atoms with Gasteiger partial charge in [-0.15, -0.1) is 0 Å². The molecule has 0 bridgehead atoms. The average molecular weight is 290 g/mol. The van der Waals surface area contributed by atoms with E-state index in [0.717, 1.165) is 19.5 Å². The van der Waals surface area contributed by atoms with Crippen molar-refractivity contribution in [3.05, 3.63) is 71.4 Å². The molecule has 0 amide bonds. The van der Waals surface area contributed by atoms with E-state index in [4.69, 9.17) is 0 Å². The molecule has 1 atom stereocenters. The third-order valence-corrected chi connectivity index (χ3v) is 5.10. The van der Waals surface area contributed by atoms with Crippen molar-refractivity contribution in [1.29, 1.82) is 0 Å². The third kappa shape index (κ3) is 2.24. The average Bonchev–Trinajstić information content (AvgIpc) is 3.18. The Labute approximate surface area is 131 Å². The number of hydrogen-bond donors (Lipinski definition) is 2. The summed E-state index contributed by atoms with van der Waals surface area (Å²) >= 11 is 0. The molecule has 2 heterocycles. The standard InChI is InChI=1S/C20H22N2/c1-15-11-18(12-17-7-9-22-19(15)17)20(8-10-21-14-20)13-16-5-3-2-4-6-16/h2-7,9,11-12,21-22H,8,10,13-14H2,1H3. The summed E-state index contributed by atoms with van der Waals surface area (Å²) in [6, 6.07) is 17.8. The van der Waals surface area contributed by atoms with Gasteiger partial charge in [0.1, 0.15) is 0 Å². The van der Waals surface area contributed by atoms with Crippen molar-refractivity contribution in [3.8, 4) is 0 Å². The molecule has 3 aromatic rings. The van der Waals surface area contributed by atoms with Gasteiger partial charge in [0.2, 0.25) is 0 Å². The molecule has 4 rings (SSSR count). The molecule has 0 spiro atoms. The van der Waals surface area contributed by atoms with Crippen molar-refractivity contribution in [1.82, 2.24) is 10.3 Å². The molecule has 2 aromatic carbocycles. The molecule has 0 aliphatic carbocycles. The summed E-state index contributed by atoms with van der Waals surface area (Å²) in [5, 5.41) is 4.91. The number of aryl methyl sites for hydroxylation is 1. The van der Waals surface area contributed by atoms with Gasteiger partial charge in [-0.2, -0.15) is 0 Å². The van der Waals surface area contributed by atoms with Crippen molar-refractivity contribution in [3.63, 3.8) is 0 Å². The van der Waals surface area contributed by atoms with Gasteiger partial charge >= 0.3 is 0 Å². The molecule has 2 heteroatoms. The lowest BCUT2D eigenvalue weighted by Crippen LogP contribution is -2.31. The molecule has 1 saturated heterocycles. The number of aromatic nitrogens is 1. The number of H-pyrrole nitrogens is 1. The number of nitrogens with one attached hydrogen (secondary N) is 2. The summed E-state index contributed by atoms with van der Waals surface area (Å²) in [6.45, 7) is 4.38. The lowest BCUT2D eigenvalue weighted by Gasteiger charge is -2.30. The van der Waals surface area contributed by atoms with Crippen LogP contribution in [0.4, 0.5) is 0 Å². The van der Waals surface area contributed by atoms with E-state index in [1.807, 2.05) is 6.20 Å². The maximum atomic E-state index is 3.59. The maximum absolute atomic E-state index is 3.59. The second-order valence-corrected chi connectivity index (χ2v) is 6.60. The highest BCUT2D eigenvalue weighted by Gasteiger charge is 2.36. The fourth-order valence-corrected chi connectivity index (χ4v) is 3.89. The van der Waals surface area contributed by atoms with Crippen LogP contribution in [0.2, 0.25) is 0 Å². The van der Waals surface area contributed by atoms with Crippen molar-refractivity contribution >= 4 is 10.9 Å². The minimum absolute atomic E-state index is 0.220. The largest absolute Gasteiger partial charge is 0.361 e. The van der Waals surface area contributed by atoms with Gasteiger partial charge in [0.15, 0.2) is 0 Å². The Morgan fingerprint density at radius 1 is 1.09 bits per heavy atom. The lowest BCUT2D eigenvalue weighted by molar-refractivity contribution is 0.468. The number of aromatic amines is 1. The number of fused-ring (bicyclic) bond motifs is 1. The predicted molar refractivity (Wildman–Crippen MR) is 92.3 cm³/mol. The van der Waals surface area contributed by atoms with Crippen LogP contribution in [0.25, 0.3) is 10.9 Å². The van der Waals surface area contributed by atoms with Crippen molar-refractivity contribution < 1.29 is 0 Å². The fourth-order valence-electron chi connectivity index (χ4n) is 3.89. The van der Waals surface area contributed by atoms with Gasteiger partial charge in [-0.05, 0) is 60.5 Å². The van der Waals surface area contributed by atoms with Crippen LogP contribution < -0.4 is 5.32 Å². The minimum Gasteiger partial charge on any atom is -0.361 e. The van der Waals surface area contributed by atoms with Crippen LogP contribution in [0.15, 0.2) is 54.7 Å². The number of hydrogen-bond acceptors (Lipinski definition) is 1. The second-order valence-electron chi connectivity index (χ2n) is 6.60. The summed E-state index contributed by atoms with van der Waals surface area (Å²) in [4.78, 5) is 3.35. The van der Waals surface area contributed by atoms with Crippen LogP contribution >= 0.6 is 0 Å². The van der Waals surface area contributed by atoms with E-state index in [1.54, 1.807) is 0 Å². The summed E-state index contributed by atoms with van der Waals surface area (Å²) < 4.78 is 0. The number of rotatable bonds is 3. The van der Waals surface area contributed by atoms with Crippen LogP contribution in [-0.2, 0) is 11.8 Å². The second kappa shape index (κ2) is 5.29. The topological polar surface area (TPSA) is 27.8 Å². The molecule has 1 fully saturated rings. The van der Waals surface area contributed by atoms with Crippen LogP contribution in [0.1, 0.15) is 23.1 Å². The molecule has 112 valence electrons. The van der Waals surface area contributed by atoms with Crippen molar-refractivity contribution in [2.45, 2.75) is 25.2 Å². The molecule has 1 aliphatic heterocycles. The van der Waals surface area contributed by atoms with Crippen LogP contribution in [0, 0.1) is 6.92 Å². The molecule has 1 aromatic heterocycles. The van der Waals surface area contributed by atoms with E-state index >= 15 is 0 Å². The SMILES string of the molecule is Cc1cc(C2(Cc3ccccc3)CCNC2)cc2cc[nH]c12. The first kappa shape index (κ1) is 13.6. The van der Waals surface area contributed by atoms with Crippen molar-refractivity contribution in [2.24, 2.45) is 0 Å². The molecule has 2 N–H and O–H groups in total. The normalized spacial score (nSPS) is 21.5. The molecule has 22 heavy (non-hydrogen) atoms. The monoisotopic (exact) mass is 290 g/mol. The van der Waals surface area contributed by atoms with E-state index in [2.05, 4.69) is 65.8 Å². The quantitative estimate of drug-likeness (QED) is 0.751. The summed E-state index contributed by atoms with van der Waals surface area (Å²) in [6.07, 6.45) is 4.35. The minimum atomic E-state index is 0.220. The molecule has 1 aliphatic rings. The van der Waals surface area contributed by atoms with Gasteiger partial charge in [0, 0.05) is 23.7 Å². The van der Waals surface area contributed by atoms with E-state index in [0.29, 0.717) is 0 Å². The summed E-state index contributed by atoms with van der Waals surface area (Å²) in [7, 11) is 0. The first-order valence-electron chi connectivity index (χ1n) is 8.10. The Morgan fingerprint density at radius 2 is 1.95 bits per heavy atom. The van der Waals surface area contributed by atoms with Crippen LogP contribution in [0.3, 0.4) is 0 Å². The predicted octanol–water partition coefficient (Wildman–Crippen LogP) is 3.95. The number of benzene rings is 2. The Balaban J connectivity index is 1.80. The zero-order valence-electron chi connectivity index (χ0n) is 13.0. The fraction of sp³-hybridized carbons (Fsp3) is 0.300. The highest BCUT2D eigenvalue weighted by Crippen LogP contribution is 2.36. The Bertz CT molecular complexity index is 780. The highest BCUT2D eigenvalue weighted by atomic mass is 14.9. The van der Waals surface area contributed by atoms with Gasteiger partial charge < -0.3 is 10.3 Å². The maximum Gasteiger partial charge on any atom is 0.0483 e. The van der Waals surface area contributed by atoms with Gasteiger partial charge in [0.25, 0.3) is 0 Å². The van der Waals surface area contributed by atoms with E-state index in [9.17, 15) is 0 Å². The smallest absolute Gasteiger partial charge is 0.0483 e. The lowest BCUT2D eigenvalue weighted by atomic mass is 9.74. The van der Waals surface area contributed by atoms with Gasteiger partial charge in [0.05, 0.1) is 0 Å². The van der Waals surface area contributed by atoms with Crippen LogP contribution in [-0.4, -0.2) is 18.1 Å². The first-order valence-corrected chi connectivity index (χ1v) is 8.10. The molecular formula is C20H22N2. The molecular weight excluding hydrogens is 268 g/mol. The summed E-state index contributed by atoms with van der Waals surface area (Å²) in [5.74, 6) is 0. The highest BCUT2D eigenvalue weighted by molar-refractivity contribution is 5.83.